The lowest BCUT2D eigenvalue weighted by Gasteiger charge is -2.22. The van der Waals surface area contributed by atoms with Gasteiger partial charge < -0.3 is 10.2 Å². The van der Waals surface area contributed by atoms with E-state index in [2.05, 4.69) is 20.3 Å². The number of anilines is 1. The average Bonchev–Trinajstić information content (AvgIpc) is 3.01. The predicted octanol–water partition coefficient (Wildman–Crippen LogP) is 4.13. The van der Waals surface area contributed by atoms with Crippen LogP contribution in [0.25, 0.3) is 22.2 Å². The smallest absolute Gasteiger partial charge is 0.250 e. The van der Waals surface area contributed by atoms with Gasteiger partial charge in [-0.1, -0.05) is 65.1 Å². The Morgan fingerprint density at radius 1 is 1.00 bits per heavy atom. The number of halogens is 3. The third-order valence-corrected chi connectivity index (χ3v) is 5.34. The van der Waals surface area contributed by atoms with Crippen molar-refractivity contribution < 1.29 is 4.79 Å². The largest absolute Gasteiger partial charge is 0.339 e. The fraction of sp³-hybridized carbons (Fsp3) is 0.300. The summed E-state index contributed by atoms with van der Waals surface area (Å²) < 4.78 is -1.81. The number of alkyl halides is 3. The van der Waals surface area contributed by atoms with Crippen molar-refractivity contribution in [1.29, 1.82) is 0 Å². The summed E-state index contributed by atoms with van der Waals surface area (Å²) in [7, 11) is 0. The second-order valence-corrected chi connectivity index (χ2v) is 9.02. The van der Waals surface area contributed by atoms with E-state index in [-0.39, 0.29) is 5.82 Å². The summed E-state index contributed by atoms with van der Waals surface area (Å²) in [5.74, 6) is 0.774. The summed E-state index contributed by atoms with van der Waals surface area (Å²) in [5.41, 5.74) is 1.07. The van der Waals surface area contributed by atoms with Crippen LogP contribution in [0.2, 0.25) is 0 Å². The molecule has 3 aromatic rings. The van der Waals surface area contributed by atoms with Gasteiger partial charge in [-0.25, -0.2) is 4.98 Å². The highest BCUT2D eigenvalue weighted by Crippen LogP contribution is 2.38. The molecule has 1 saturated heterocycles. The maximum atomic E-state index is 12.0. The Morgan fingerprint density at radius 2 is 1.83 bits per heavy atom. The lowest BCUT2D eigenvalue weighted by atomic mass is 9.99. The molecule has 1 aliphatic rings. The molecule has 2 heterocycles. The number of hydrogen-bond donors (Lipinski definition) is 1. The zero-order valence-electron chi connectivity index (χ0n) is 15.4. The van der Waals surface area contributed by atoms with Gasteiger partial charge in [-0.05, 0) is 29.8 Å². The van der Waals surface area contributed by atoms with Crippen molar-refractivity contribution in [3.63, 3.8) is 0 Å². The van der Waals surface area contributed by atoms with Gasteiger partial charge in [0.25, 0.3) is 0 Å². The van der Waals surface area contributed by atoms with Gasteiger partial charge in [0.15, 0.2) is 17.9 Å². The topological polar surface area (TPSA) is 71.0 Å². The molecule has 4 rings (SSSR count). The molecular formula is C20H18Cl3N5O. The maximum Gasteiger partial charge on any atom is 0.250 e. The number of nitrogens with one attached hydrogen (secondary N) is 1. The number of fused-ring (bicyclic) bond motifs is 1. The molecule has 0 aliphatic carbocycles. The van der Waals surface area contributed by atoms with Crippen LogP contribution in [0.4, 0.5) is 5.95 Å². The first-order valence-electron chi connectivity index (χ1n) is 9.23. The van der Waals surface area contributed by atoms with Crippen LogP contribution in [0.15, 0.2) is 36.4 Å². The van der Waals surface area contributed by atoms with Crippen LogP contribution in [0, 0.1) is 0 Å². The number of aldehydes is 1. The zero-order valence-corrected chi connectivity index (χ0v) is 17.7. The molecule has 150 valence electrons. The Labute approximate surface area is 183 Å². The van der Waals surface area contributed by atoms with Crippen LogP contribution in [0.3, 0.4) is 0 Å². The monoisotopic (exact) mass is 449 g/mol. The molecule has 0 amide bonds. The van der Waals surface area contributed by atoms with Crippen LogP contribution in [-0.2, 0) is 3.79 Å². The van der Waals surface area contributed by atoms with Crippen molar-refractivity contribution in [2.24, 2.45) is 0 Å². The Balaban J connectivity index is 1.90. The van der Waals surface area contributed by atoms with E-state index in [1.165, 1.54) is 0 Å². The highest BCUT2D eigenvalue weighted by Gasteiger charge is 2.30. The molecule has 6 nitrogen and oxygen atoms in total. The fourth-order valence-corrected chi connectivity index (χ4v) is 3.67. The summed E-state index contributed by atoms with van der Waals surface area (Å²) in [6.45, 7) is 3.22. The van der Waals surface area contributed by atoms with Crippen LogP contribution in [0.5, 0.6) is 0 Å². The van der Waals surface area contributed by atoms with E-state index in [4.69, 9.17) is 34.8 Å². The molecule has 29 heavy (non-hydrogen) atoms. The van der Waals surface area contributed by atoms with Gasteiger partial charge in [0.1, 0.15) is 0 Å². The number of hydrogen-bond acceptors (Lipinski definition) is 6. The standard InChI is InChI=1S/C20H18Cl3N5O/c21-20(22,23)18-25-17(26-19(27-18)28-10-3-8-24-9-11-28)15-7-6-13-4-1-2-5-14(13)16(15)12-29/h1-2,4-7,12,24H,3,8-11H2. The molecule has 1 aromatic heterocycles. The number of nitrogens with zero attached hydrogens (tertiary/aromatic N) is 4. The van der Waals surface area contributed by atoms with Gasteiger partial charge in [-0.3, -0.25) is 4.79 Å². The van der Waals surface area contributed by atoms with Crippen molar-refractivity contribution in [1.82, 2.24) is 20.3 Å². The van der Waals surface area contributed by atoms with Crippen molar-refractivity contribution in [3.8, 4) is 11.4 Å². The first kappa shape index (κ1) is 20.3. The number of aromatic nitrogens is 3. The number of rotatable bonds is 3. The Bertz CT molecular complexity index is 1050. The number of carbonyl (C=O) groups excluding carboxylic acids is 1. The van der Waals surface area contributed by atoms with E-state index < -0.39 is 3.79 Å². The van der Waals surface area contributed by atoms with Crippen LogP contribution in [0.1, 0.15) is 22.6 Å². The van der Waals surface area contributed by atoms with Gasteiger partial charge in [-0.15, -0.1) is 0 Å². The van der Waals surface area contributed by atoms with Crippen LogP contribution in [-0.4, -0.2) is 47.4 Å². The quantitative estimate of drug-likeness (QED) is 0.478. The Kier molecular flexibility index (Phi) is 5.88. The molecule has 0 radical (unpaired) electrons. The Hall–Kier alpha value is -1.99. The van der Waals surface area contributed by atoms with Gasteiger partial charge in [-0.2, -0.15) is 9.97 Å². The summed E-state index contributed by atoms with van der Waals surface area (Å²) in [5, 5.41) is 5.11. The molecule has 0 bridgehead atoms. The molecule has 2 aromatic carbocycles. The number of benzene rings is 2. The van der Waals surface area contributed by atoms with Gasteiger partial charge in [0.05, 0.1) is 0 Å². The third kappa shape index (κ3) is 4.31. The van der Waals surface area contributed by atoms with Crippen molar-refractivity contribution in [3.05, 3.63) is 47.8 Å². The molecule has 0 spiro atoms. The molecule has 1 fully saturated rings. The van der Waals surface area contributed by atoms with E-state index >= 15 is 0 Å². The SMILES string of the molecule is O=Cc1c(-c2nc(N3CCCNCC3)nc(C(Cl)(Cl)Cl)n2)ccc2ccccc12. The van der Waals surface area contributed by atoms with E-state index in [0.717, 1.165) is 49.7 Å². The molecule has 0 atom stereocenters. The lowest BCUT2D eigenvalue weighted by molar-refractivity contribution is 0.112. The summed E-state index contributed by atoms with van der Waals surface area (Å²) in [4.78, 5) is 27.4. The van der Waals surface area contributed by atoms with Gasteiger partial charge >= 0.3 is 0 Å². The molecule has 0 unspecified atom stereocenters. The minimum atomic E-state index is -1.81. The lowest BCUT2D eigenvalue weighted by Crippen LogP contribution is -2.30. The van der Waals surface area contributed by atoms with Crippen LogP contribution >= 0.6 is 34.8 Å². The zero-order chi connectivity index (χ0) is 20.4. The fourth-order valence-electron chi connectivity index (χ4n) is 3.42. The minimum Gasteiger partial charge on any atom is -0.339 e. The van der Waals surface area contributed by atoms with Gasteiger partial charge in [0.2, 0.25) is 9.74 Å². The Morgan fingerprint density at radius 3 is 2.62 bits per heavy atom. The molecule has 9 heteroatoms. The molecule has 1 N–H and O–H groups in total. The predicted molar refractivity (Wildman–Crippen MR) is 117 cm³/mol. The van der Waals surface area contributed by atoms with Crippen molar-refractivity contribution >= 4 is 57.8 Å². The first-order chi connectivity index (χ1) is 14.0. The molecular weight excluding hydrogens is 433 g/mol. The second kappa shape index (κ2) is 8.40. The summed E-state index contributed by atoms with van der Waals surface area (Å²) in [6.07, 6.45) is 1.76. The average molecular weight is 451 g/mol. The van der Waals surface area contributed by atoms with Crippen LogP contribution < -0.4 is 10.2 Å². The number of carbonyl (C=O) groups is 1. The minimum absolute atomic E-state index is 0.0321. The summed E-state index contributed by atoms with van der Waals surface area (Å²) in [6, 6.07) is 11.4. The highest BCUT2D eigenvalue weighted by molar-refractivity contribution is 6.66. The normalized spacial score (nSPS) is 15.3. The van der Waals surface area contributed by atoms with E-state index in [1.54, 1.807) is 0 Å². The second-order valence-electron chi connectivity index (χ2n) is 6.74. The highest BCUT2D eigenvalue weighted by atomic mass is 35.6. The van der Waals surface area contributed by atoms with E-state index in [0.29, 0.717) is 22.9 Å². The third-order valence-electron chi connectivity index (χ3n) is 4.83. The maximum absolute atomic E-state index is 12.0. The van der Waals surface area contributed by atoms with E-state index in [9.17, 15) is 4.79 Å². The van der Waals surface area contributed by atoms with Crippen molar-refractivity contribution in [2.75, 3.05) is 31.1 Å². The van der Waals surface area contributed by atoms with Gasteiger partial charge in [0, 0.05) is 30.8 Å². The molecule has 0 saturated carbocycles. The first-order valence-corrected chi connectivity index (χ1v) is 10.4. The van der Waals surface area contributed by atoms with Crippen molar-refractivity contribution in [2.45, 2.75) is 10.2 Å². The molecule has 1 aliphatic heterocycles. The van der Waals surface area contributed by atoms with E-state index in [1.807, 2.05) is 41.3 Å². The summed E-state index contributed by atoms with van der Waals surface area (Å²) >= 11 is 18.3.